The number of ether oxygens (including phenoxy) is 1. The first kappa shape index (κ1) is 9.91. The van der Waals surface area contributed by atoms with Crippen LogP contribution in [0.5, 0.6) is 5.75 Å². The van der Waals surface area contributed by atoms with Gasteiger partial charge in [0.2, 0.25) is 0 Å². The zero-order chi connectivity index (χ0) is 7.56. The molecule has 0 aliphatic heterocycles. The summed E-state index contributed by atoms with van der Waals surface area (Å²) in [6, 6.07) is 4.66. The first-order valence-corrected chi connectivity index (χ1v) is 3.04. The second-order valence-corrected chi connectivity index (χ2v) is 2.12. The highest BCUT2D eigenvalue weighted by molar-refractivity contribution is 5.28. The van der Waals surface area contributed by atoms with Crippen LogP contribution in [0, 0.1) is 12.7 Å². The minimum atomic E-state index is -0.194. The average Bonchev–Trinajstić information content (AvgIpc) is 1.95. The van der Waals surface area contributed by atoms with Crippen molar-refractivity contribution in [3.8, 4) is 5.75 Å². The van der Waals surface area contributed by atoms with Gasteiger partial charge in [0.05, 0.1) is 7.11 Å². The molecule has 0 amide bonds. The van der Waals surface area contributed by atoms with Gasteiger partial charge in [0.15, 0.2) is 0 Å². The summed E-state index contributed by atoms with van der Waals surface area (Å²) < 4.78 is 17.5. The smallest absolute Gasteiger partial charge is 0.126 e. The highest BCUT2D eigenvalue weighted by atomic mass is 19.1. The van der Waals surface area contributed by atoms with Crippen molar-refractivity contribution in [3.05, 3.63) is 29.6 Å². The molecule has 2 nitrogen and oxygen atoms in total. The van der Waals surface area contributed by atoms with E-state index in [0.29, 0.717) is 11.3 Å². The molecule has 3 N–H and O–H groups in total. The Balaban J connectivity index is 0.000001000. The van der Waals surface area contributed by atoms with Crippen LogP contribution in [0.15, 0.2) is 18.2 Å². The van der Waals surface area contributed by atoms with E-state index < -0.39 is 0 Å². The van der Waals surface area contributed by atoms with Gasteiger partial charge in [-0.25, -0.2) is 4.39 Å². The monoisotopic (exact) mass is 157 g/mol. The van der Waals surface area contributed by atoms with Gasteiger partial charge in [-0.1, -0.05) is 0 Å². The number of benzene rings is 1. The van der Waals surface area contributed by atoms with Crippen LogP contribution in [0.3, 0.4) is 0 Å². The van der Waals surface area contributed by atoms with Crippen LogP contribution < -0.4 is 10.9 Å². The maximum Gasteiger partial charge on any atom is 0.126 e. The molecule has 0 saturated heterocycles. The van der Waals surface area contributed by atoms with Crippen LogP contribution in [0.25, 0.3) is 0 Å². The Kier molecular flexibility index (Phi) is 3.54. The van der Waals surface area contributed by atoms with E-state index in [4.69, 9.17) is 4.74 Å². The van der Waals surface area contributed by atoms with E-state index in [1.165, 1.54) is 6.07 Å². The molecule has 0 heterocycles. The lowest BCUT2D eigenvalue weighted by Crippen LogP contribution is -1.85. The molecule has 11 heavy (non-hydrogen) atoms. The number of methoxy groups -OCH3 is 1. The predicted octanol–water partition coefficient (Wildman–Crippen LogP) is 2.30. The Morgan fingerprint density at radius 3 is 2.45 bits per heavy atom. The zero-order valence-electron chi connectivity index (χ0n) is 6.73. The van der Waals surface area contributed by atoms with Gasteiger partial charge >= 0.3 is 0 Å². The molecule has 0 atom stereocenters. The molecule has 1 rings (SSSR count). The molecule has 0 saturated carbocycles. The maximum absolute atomic E-state index is 12.6. The zero-order valence-corrected chi connectivity index (χ0v) is 6.73. The quantitative estimate of drug-likeness (QED) is 0.679. The van der Waals surface area contributed by atoms with Crippen LogP contribution in [0.2, 0.25) is 0 Å². The third-order valence-corrected chi connectivity index (χ3v) is 1.37. The maximum atomic E-state index is 12.6. The van der Waals surface area contributed by atoms with Crippen molar-refractivity contribution in [3.63, 3.8) is 0 Å². The van der Waals surface area contributed by atoms with E-state index in [2.05, 4.69) is 0 Å². The summed E-state index contributed by atoms with van der Waals surface area (Å²) in [5.74, 6) is 0.500. The molecular formula is C8H12FNO. The minimum Gasteiger partial charge on any atom is -0.497 e. The van der Waals surface area contributed by atoms with Crippen molar-refractivity contribution in [2.45, 2.75) is 6.92 Å². The summed E-state index contributed by atoms with van der Waals surface area (Å²) in [4.78, 5) is 0. The van der Waals surface area contributed by atoms with E-state index in [1.807, 2.05) is 0 Å². The van der Waals surface area contributed by atoms with Crippen LogP contribution in [0.1, 0.15) is 5.56 Å². The van der Waals surface area contributed by atoms with Gasteiger partial charge in [-0.15, -0.1) is 0 Å². The summed E-state index contributed by atoms with van der Waals surface area (Å²) in [5, 5.41) is 0. The fraction of sp³-hybridized carbons (Fsp3) is 0.250. The Labute approximate surface area is 65.6 Å². The molecule has 62 valence electrons. The normalized spacial score (nSPS) is 8.64. The highest BCUT2D eigenvalue weighted by Crippen LogP contribution is 2.14. The molecular weight excluding hydrogens is 145 g/mol. The average molecular weight is 157 g/mol. The number of hydrogen-bond acceptors (Lipinski definition) is 2. The second-order valence-electron chi connectivity index (χ2n) is 2.12. The lowest BCUT2D eigenvalue weighted by molar-refractivity contribution is 0.413. The lowest BCUT2D eigenvalue weighted by Gasteiger charge is -2.00. The predicted molar refractivity (Wildman–Crippen MR) is 42.7 cm³/mol. The fourth-order valence-electron chi connectivity index (χ4n) is 0.744. The molecule has 3 heteroatoms. The van der Waals surface area contributed by atoms with Gasteiger partial charge in [-0.05, 0) is 30.7 Å². The van der Waals surface area contributed by atoms with E-state index in [9.17, 15) is 4.39 Å². The number of rotatable bonds is 1. The van der Waals surface area contributed by atoms with Gasteiger partial charge in [-0.3, -0.25) is 0 Å². The molecule has 1 aromatic rings. The summed E-state index contributed by atoms with van der Waals surface area (Å²) in [6.45, 7) is 1.71. The summed E-state index contributed by atoms with van der Waals surface area (Å²) in [6.07, 6.45) is 0. The van der Waals surface area contributed by atoms with Gasteiger partial charge < -0.3 is 10.9 Å². The van der Waals surface area contributed by atoms with Crippen molar-refractivity contribution >= 4 is 0 Å². The Hall–Kier alpha value is -1.09. The van der Waals surface area contributed by atoms with E-state index >= 15 is 0 Å². The fourth-order valence-corrected chi connectivity index (χ4v) is 0.744. The van der Waals surface area contributed by atoms with Crippen LogP contribution in [-0.4, -0.2) is 7.11 Å². The molecule has 0 aliphatic rings. The number of halogens is 1. The molecule has 1 aromatic carbocycles. The van der Waals surface area contributed by atoms with Crippen LogP contribution >= 0.6 is 0 Å². The van der Waals surface area contributed by atoms with E-state index in [0.717, 1.165) is 0 Å². The van der Waals surface area contributed by atoms with Gasteiger partial charge in [-0.2, -0.15) is 0 Å². The SMILES string of the molecule is COc1ccc(F)c(C)c1.N. The summed E-state index contributed by atoms with van der Waals surface area (Å²) >= 11 is 0. The Bertz CT molecular complexity index is 238. The van der Waals surface area contributed by atoms with Crippen molar-refractivity contribution in [1.29, 1.82) is 0 Å². The summed E-state index contributed by atoms with van der Waals surface area (Å²) in [5.41, 5.74) is 0.611. The summed E-state index contributed by atoms with van der Waals surface area (Å²) in [7, 11) is 1.56. The molecule has 0 aliphatic carbocycles. The lowest BCUT2D eigenvalue weighted by atomic mass is 10.2. The standard InChI is InChI=1S/C8H9FO.H3N/c1-6-5-7(10-2)3-4-8(6)9;/h3-5H,1-2H3;1H3. The molecule has 0 aromatic heterocycles. The molecule has 0 radical (unpaired) electrons. The van der Waals surface area contributed by atoms with Crippen molar-refractivity contribution in [2.24, 2.45) is 0 Å². The van der Waals surface area contributed by atoms with Gasteiger partial charge in [0, 0.05) is 0 Å². The number of aryl methyl sites for hydroxylation is 1. The van der Waals surface area contributed by atoms with Crippen LogP contribution in [-0.2, 0) is 0 Å². The van der Waals surface area contributed by atoms with Crippen LogP contribution in [0.4, 0.5) is 4.39 Å². The van der Waals surface area contributed by atoms with Gasteiger partial charge in [0.25, 0.3) is 0 Å². The minimum absolute atomic E-state index is 0. The second kappa shape index (κ2) is 3.93. The molecule has 0 spiro atoms. The van der Waals surface area contributed by atoms with Gasteiger partial charge in [0.1, 0.15) is 11.6 Å². The molecule has 0 bridgehead atoms. The molecule has 0 fully saturated rings. The van der Waals surface area contributed by atoms with Crippen molar-refractivity contribution < 1.29 is 9.13 Å². The first-order chi connectivity index (χ1) is 4.74. The Morgan fingerprint density at radius 1 is 1.36 bits per heavy atom. The van der Waals surface area contributed by atoms with Crippen molar-refractivity contribution in [1.82, 2.24) is 6.15 Å². The largest absolute Gasteiger partial charge is 0.497 e. The first-order valence-electron chi connectivity index (χ1n) is 3.04. The highest BCUT2D eigenvalue weighted by Gasteiger charge is 1.96. The Morgan fingerprint density at radius 2 is 2.00 bits per heavy atom. The topological polar surface area (TPSA) is 44.2 Å². The third kappa shape index (κ3) is 2.20. The van der Waals surface area contributed by atoms with E-state index in [-0.39, 0.29) is 12.0 Å². The van der Waals surface area contributed by atoms with Crippen molar-refractivity contribution in [2.75, 3.05) is 7.11 Å². The molecule has 0 unspecified atom stereocenters. The number of hydrogen-bond donors (Lipinski definition) is 1. The van der Waals surface area contributed by atoms with E-state index in [1.54, 1.807) is 26.2 Å². The third-order valence-electron chi connectivity index (χ3n) is 1.37.